The van der Waals surface area contributed by atoms with Gasteiger partial charge in [-0.05, 0) is 6.92 Å². The van der Waals surface area contributed by atoms with Crippen LogP contribution in [0.3, 0.4) is 0 Å². The third-order valence-electron chi connectivity index (χ3n) is 1.68. The van der Waals surface area contributed by atoms with E-state index in [2.05, 4.69) is 31.7 Å². The summed E-state index contributed by atoms with van der Waals surface area (Å²) in [5, 5.41) is 0. The van der Waals surface area contributed by atoms with Crippen LogP contribution in [0.1, 0.15) is 6.92 Å². The molecule has 0 rings (SSSR count). The van der Waals surface area contributed by atoms with Crippen LogP contribution in [0.4, 0.5) is 0 Å². The van der Waals surface area contributed by atoms with Crippen molar-refractivity contribution in [3.8, 4) is 0 Å². The van der Waals surface area contributed by atoms with Crippen LogP contribution >= 0.6 is 15.6 Å². The summed E-state index contributed by atoms with van der Waals surface area (Å²) in [6, 6.07) is 0. The first-order chi connectivity index (χ1) is 11.3. The molecule has 0 atom stereocenters. The quantitative estimate of drug-likeness (QED) is 0.165. The maximum absolute atomic E-state index is 10.7. The number of carbonyl (C=O) groups excluding carboxylic acids is 2. The Labute approximate surface area is 143 Å². The van der Waals surface area contributed by atoms with E-state index in [1.165, 1.54) is 6.92 Å². The largest absolute Gasteiger partial charge is 0.469 e. The van der Waals surface area contributed by atoms with Crippen molar-refractivity contribution in [2.45, 2.75) is 6.92 Å². The second-order valence-corrected chi connectivity index (χ2v) is 6.41. The van der Waals surface area contributed by atoms with Crippen molar-refractivity contribution in [1.29, 1.82) is 0 Å². The lowest BCUT2D eigenvalue weighted by molar-refractivity contribution is -0.140. The van der Waals surface area contributed by atoms with Crippen molar-refractivity contribution in [3.05, 3.63) is 24.8 Å². The first-order valence-electron chi connectivity index (χ1n) is 6.30. The zero-order valence-electron chi connectivity index (χ0n) is 13.3. The fourth-order valence-corrected chi connectivity index (χ4v) is 1.40. The van der Waals surface area contributed by atoms with E-state index >= 15 is 0 Å². The maximum atomic E-state index is 10.7. The molecule has 0 spiro atoms. The molecular weight excluding hydrogens is 386 g/mol. The van der Waals surface area contributed by atoms with Crippen molar-refractivity contribution in [3.63, 3.8) is 0 Å². The second kappa shape index (κ2) is 12.9. The summed E-state index contributed by atoms with van der Waals surface area (Å²) in [4.78, 5) is 53.8. The van der Waals surface area contributed by atoms with Gasteiger partial charge in [0.1, 0.15) is 13.2 Å². The second-order valence-electron chi connectivity index (χ2n) is 3.94. The highest BCUT2D eigenvalue weighted by Crippen LogP contribution is 2.35. The predicted octanol–water partition coefficient (Wildman–Crippen LogP) is 0.0399. The molecule has 14 heteroatoms. The summed E-state index contributed by atoms with van der Waals surface area (Å²) in [5.74, 6) is -1.28. The van der Waals surface area contributed by atoms with Crippen LogP contribution in [0.15, 0.2) is 24.8 Å². The molecule has 0 aromatic heterocycles. The highest BCUT2D eigenvalue weighted by atomic mass is 31.2. The third kappa shape index (κ3) is 22.6. The molecule has 0 aliphatic heterocycles. The van der Waals surface area contributed by atoms with Gasteiger partial charge in [0.15, 0.2) is 0 Å². The summed E-state index contributed by atoms with van der Waals surface area (Å²) in [5.41, 5.74) is 0.219. The summed E-state index contributed by atoms with van der Waals surface area (Å²) < 4.78 is 37.0. The fraction of sp³-hybridized carbons (Fsp3) is 0.455. The molecule has 0 bridgehead atoms. The average Bonchev–Trinajstić information content (AvgIpc) is 2.46. The normalized spacial score (nSPS) is 10.9. The highest BCUT2D eigenvalue weighted by Gasteiger charge is 2.14. The van der Waals surface area contributed by atoms with Crippen LogP contribution in [0.2, 0.25) is 0 Å². The van der Waals surface area contributed by atoms with Crippen molar-refractivity contribution >= 4 is 27.6 Å². The summed E-state index contributed by atoms with van der Waals surface area (Å²) >= 11 is 0. The van der Waals surface area contributed by atoms with E-state index in [9.17, 15) is 18.7 Å². The molecule has 0 heterocycles. The van der Waals surface area contributed by atoms with E-state index in [4.69, 9.17) is 19.6 Å². The average molecular weight is 406 g/mol. The first-order valence-corrected chi connectivity index (χ1v) is 9.36. The lowest BCUT2D eigenvalue weighted by atomic mass is 10.4. The molecule has 0 aliphatic rings. The van der Waals surface area contributed by atoms with Gasteiger partial charge in [0, 0.05) is 11.6 Å². The third-order valence-corrected chi connectivity index (χ3v) is 2.72. The number of esters is 2. The molecule has 0 aliphatic carbocycles. The number of hydrogen-bond donors (Lipinski definition) is 4. The standard InChI is InChI=1S/C6H11O6P.C5H9O6P/c1-5(2)6(7)11-3-4-12-13(8,9)10;1-2-5(6)10-3-4-11-12(7,8)9/h1,3-4H2,2H3,(H2,8,9,10);2H,1,3-4H2,(H2,7,8,9). The molecule has 0 unspecified atom stereocenters. The molecule has 0 aromatic rings. The number of carbonyl (C=O) groups is 2. The van der Waals surface area contributed by atoms with Crippen molar-refractivity contribution in [2.75, 3.05) is 26.4 Å². The molecule has 12 nitrogen and oxygen atoms in total. The SMILES string of the molecule is C=C(C)C(=O)OCCOP(=O)(O)O.C=CC(=O)OCCOP(=O)(O)O. The lowest BCUT2D eigenvalue weighted by Crippen LogP contribution is -2.10. The molecule has 0 fully saturated rings. The number of phosphoric ester groups is 2. The van der Waals surface area contributed by atoms with Gasteiger partial charge in [0.25, 0.3) is 0 Å². The molecule has 0 amide bonds. The van der Waals surface area contributed by atoms with Crippen LogP contribution in [0.25, 0.3) is 0 Å². The van der Waals surface area contributed by atoms with Crippen LogP contribution in [-0.4, -0.2) is 57.9 Å². The van der Waals surface area contributed by atoms with E-state index < -0.39 is 27.6 Å². The Balaban J connectivity index is 0. The zero-order valence-corrected chi connectivity index (χ0v) is 15.1. The molecule has 146 valence electrons. The summed E-state index contributed by atoms with van der Waals surface area (Å²) in [7, 11) is -8.91. The Morgan fingerprint density at radius 2 is 1.32 bits per heavy atom. The first kappa shape index (κ1) is 25.9. The minimum Gasteiger partial charge on any atom is -0.460 e. The van der Waals surface area contributed by atoms with Gasteiger partial charge in [0.05, 0.1) is 13.2 Å². The van der Waals surface area contributed by atoms with Gasteiger partial charge in [-0.15, -0.1) is 0 Å². The molecule has 0 saturated heterocycles. The summed E-state index contributed by atoms with van der Waals surface area (Å²) in [6.07, 6.45) is 0.942. The van der Waals surface area contributed by atoms with E-state index in [1.54, 1.807) is 0 Å². The van der Waals surface area contributed by atoms with E-state index in [0.29, 0.717) is 0 Å². The van der Waals surface area contributed by atoms with Gasteiger partial charge in [-0.1, -0.05) is 13.2 Å². The van der Waals surface area contributed by atoms with Gasteiger partial charge < -0.3 is 29.0 Å². The highest BCUT2D eigenvalue weighted by molar-refractivity contribution is 7.46. The molecule has 0 aromatic carbocycles. The van der Waals surface area contributed by atoms with Crippen molar-refractivity contribution < 1.29 is 56.8 Å². The van der Waals surface area contributed by atoms with Crippen molar-refractivity contribution in [1.82, 2.24) is 0 Å². The Bertz CT molecular complexity index is 545. The predicted molar refractivity (Wildman–Crippen MR) is 82.9 cm³/mol. The zero-order chi connectivity index (χ0) is 20.1. The molecule has 4 N–H and O–H groups in total. The number of rotatable bonds is 10. The minimum atomic E-state index is -4.46. The van der Waals surface area contributed by atoms with E-state index in [-0.39, 0.29) is 32.0 Å². The van der Waals surface area contributed by atoms with Crippen LogP contribution < -0.4 is 0 Å². The maximum Gasteiger partial charge on any atom is 0.469 e. The molecule has 0 saturated carbocycles. The molecular formula is C11H20O12P2. The van der Waals surface area contributed by atoms with Crippen LogP contribution in [0, 0.1) is 0 Å². The number of ether oxygens (including phenoxy) is 2. The fourth-order valence-electron chi connectivity index (χ4n) is 0.771. The van der Waals surface area contributed by atoms with Gasteiger partial charge in [-0.3, -0.25) is 9.05 Å². The Morgan fingerprint density at radius 1 is 0.920 bits per heavy atom. The summed E-state index contributed by atoms with van der Waals surface area (Å²) in [6.45, 7) is 6.79. The topological polar surface area (TPSA) is 186 Å². The van der Waals surface area contributed by atoms with Crippen LogP contribution in [-0.2, 0) is 37.2 Å². The minimum absolute atomic E-state index is 0.212. The van der Waals surface area contributed by atoms with Crippen molar-refractivity contribution in [2.24, 2.45) is 0 Å². The lowest BCUT2D eigenvalue weighted by Gasteiger charge is -2.05. The molecule has 25 heavy (non-hydrogen) atoms. The monoisotopic (exact) mass is 406 g/mol. The Hall–Kier alpha value is -1.36. The Kier molecular flexibility index (Phi) is 13.4. The number of phosphoric acid groups is 2. The van der Waals surface area contributed by atoms with Gasteiger partial charge in [0.2, 0.25) is 0 Å². The van der Waals surface area contributed by atoms with Gasteiger partial charge in [-0.25, -0.2) is 18.7 Å². The molecule has 0 radical (unpaired) electrons. The van der Waals surface area contributed by atoms with E-state index in [1.807, 2.05) is 0 Å². The van der Waals surface area contributed by atoms with Gasteiger partial charge in [-0.2, -0.15) is 0 Å². The van der Waals surface area contributed by atoms with Crippen LogP contribution in [0.5, 0.6) is 0 Å². The Morgan fingerprint density at radius 3 is 1.64 bits per heavy atom. The number of hydrogen-bond acceptors (Lipinski definition) is 8. The smallest absolute Gasteiger partial charge is 0.460 e. The van der Waals surface area contributed by atoms with E-state index in [0.717, 1.165) is 6.08 Å². The van der Waals surface area contributed by atoms with Gasteiger partial charge >= 0.3 is 27.6 Å².